The van der Waals surface area contributed by atoms with Crippen LogP contribution in [0, 0.1) is 0 Å². The molecule has 9 heteroatoms. The average Bonchev–Trinajstić information content (AvgIpc) is 2.78. The van der Waals surface area contributed by atoms with Crippen LogP contribution in [-0.2, 0) is 12.0 Å². The summed E-state index contributed by atoms with van der Waals surface area (Å²) in [5.41, 5.74) is 1.64. The van der Waals surface area contributed by atoms with Crippen LogP contribution in [0.2, 0.25) is 10.0 Å². The molecule has 180 valence electrons. The van der Waals surface area contributed by atoms with Crippen molar-refractivity contribution in [3.8, 4) is 5.75 Å². The molecule has 0 aliphatic heterocycles. The average molecular weight is 638 g/mol. The Labute approximate surface area is 230 Å². The van der Waals surface area contributed by atoms with E-state index in [2.05, 4.69) is 37.0 Å². The zero-order chi connectivity index (χ0) is 25.3. The zero-order valence-corrected chi connectivity index (χ0v) is 23.8. The number of nitrogens with zero attached hydrogens (tertiary/aromatic N) is 3. The van der Waals surface area contributed by atoms with Crippen molar-refractivity contribution in [1.29, 1.82) is 0 Å². The summed E-state index contributed by atoms with van der Waals surface area (Å²) in [4.78, 5) is 18.0. The van der Waals surface area contributed by atoms with Crippen molar-refractivity contribution in [2.24, 2.45) is 5.10 Å². The van der Waals surface area contributed by atoms with Gasteiger partial charge in [0.15, 0.2) is 0 Å². The van der Waals surface area contributed by atoms with Crippen molar-refractivity contribution in [1.82, 2.24) is 9.66 Å². The Bertz CT molecular complexity index is 1510. The molecule has 0 spiro atoms. The molecule has 0 radical (unpaired) electrons. The van der Waals surface area contributed by atoms with Gasteiger partial charge in [-0.3, -0.25) is 4.79 Å². The molecule has 0 N–H and O–H groups in total. The number of hydrogen-bond acceptors (Lipinski definition) is 4. The monoisotopic (exact) mass is 635 g/mol. The smallest absolute Gasteiger partial charge is 0.282 e. The van der Waals surface area contributed by atoms with E-state index in [4.69, 9.17) is 32.9 Å². The predicted molar refractivity (Wildman–Crippen MR) is 150 cm³/mol. The second-order valence-corrected chi connectivity index (χ2v) is 11.5. The number of benzene rings is 3. The second-order valence-electron chi connectivity index (χ2n) is 8.92. The summed E-state index contributed by atoms with van der Waals surface area (Å²) in [7, 11) is 0. The highest BCUT2D eigenvalue weighted by Gasteiger charge is 2.23. The summed E-state index contributed by atoms with van der Waals surface area (Å²) in [5, 5.41) is 6.14. The highest BCUT2D eigenvalue weighted by Crippen LogP contribution is 2.28. The van der Waals surface area contributed by atoms with E-state index in [1.807, 2.05) is 57.2 Å². The van der Waals surface area contributed by atoms with Crippen LogP contribution in [0.3, 0.4) is 0 Å². The highest BCUT2D eigenvalue weighted by molar-refractivity contribution is 9.10. The molecule has 1 aromatic heterocycles. The highest BCUT2D eigenvalue weighted by atomic mass is 79.9. The Morgan fingerprint density at radius 2 is 1.83 bits per heavy atom. The largest absolute Gasteiger partial charge is 0.488 e. The van der Waals surface area contributed by atoms with Gasteiger partial charge in [-0.1, -0.05) is 66.0 Å². The summed E-state index contributed by atoms with van der Waals surface area (Å²) in [6, 6.07) is 16.3. The van der Waals surface area contributed by atoms with Crippen LogP contribution in [-0.4, -0.2) is 15.9 Å². The van der Waals surface area contributed by atoms with Gasteiger partial charge in [-0.25, -0.2) is 4.98 Å². The summed E-state index contributed by atoms with van der Waals surface area (Å²) in [6.45, 7) is 6.30. The molecule has 3 aromatic carbocycles. The minimum absolute atomic E-state index is 0.226. The molecule has 4 rings (SSSR count). The fourth-order valence-electron chi connectivity index (χ4n) is 3.37. The molecular weight excluding hydrogens is 617 g/mol. The topological polar surface area (TPSA) is 56.5 Å². The van der Waals surface area contributed by atoms with Gasteiger partial charge in [0.05, 0.1) is 21.6 Å². The fourth-order valence-corrected chi connectivity index (χ4v) is 4.71. The van der Waals surface area contributed by atoms with E-state index in [1.165, 1.54) is 4.68 Å². The molecule has 4 aromatic rings. The van der Waals surface area contributed by atoms with Gasteiger partial charge in [-0.2, -0.15) is 9.78 Å². The zero-order valence-electron chi connectivity index (χ0n) is 19.2. The van der Waals surface area contributed by atoms with Gasteiger partial charge in [0.1, 0.15) is 18.2 Å². The van der Waals surface area contributed by atoms with Crippen molar-refractivity contribution in [3.63, 3.8) is 0 Å². The van der Waals surface area contributed by atoms with Crippen molar-refractivity contribution in [2.75, 3.05) is 0 Å². The van der Waals surface area contributed by atoms with Crippen molar-refractivity contribution in [3.05, 3.63) is 101 Å². The molecule has 0 atom stereocenters. The maximum Gasteiger partial charge on any atom is 0.282 e. The van der Waals surface area contributed by atoms with E-state index >= 15 is 0 Å². The number of aromatic nitrogens is 2. The number of halogens is 4. The van der Waals surface area contributed by atoms with Gasteiger partial charge in [0.25, 0.3) is 5.56 Å². The van der Waals surface area contributed by atoms with E-state index in [0.717, 1.165) is 20.1 Å². The first-order valence-corrected chi connectivity index (χ1v) is 13.0. The molecule has 1 heterocycles. The molecule has 0 saturated carbocycles. The standard InChI is InChI=1S/C26H21Br2Cl2N3O2/c1-26(2,3)25-32-22-8-6-17(27)11-19(22)24(34)33(25)31-13-15-4-9-23(20(28)10-15)35-14-16-5-7-18(29)12-21(16)30/h4-13H,14H2,1-3H3. The summed E-state index contributed by atoms with van der Waals surface area (Å²) in [5.74, 6) is 1.23. The van der Waals surface area contributed by atoms with E-state index in [-0.39, 0.29) is 11.0 Å². The molecule has 0 aliphatic carbocycles. The van der Waals surface area contributed by atoms with Crippen LogP contribution in [0.4, 0.5) is 0 Å². The molecule has 0 unspecified atom stereocenters. The number of hydrogen-bond donors (Lipinski definition) is 0. The Morgan fingerprint density at radius 1 is 1.06 bits per heavy atom. The molecule has 0 amide bonds. The lowest BCUT2D eigenvalue weighted by Crippen LogP contribution is -2.29. The number of rotatable bonds is 5. The van der Waals surface area contributed by atoms with E-state index in [9.17, 15) is 4.79 Å². The van der Waals surface area contributed by atoms with Gasteiger partial charge in [-0.05, 0) is 70.0 Å². The third kappa shape index (κ3) is 5.97. The lowest BCUT2D eigenvalue weighted by atomic mass is 9.95. The summed E-state index contributed by atoms with van der Waals surface area (Å²) in [6.07, 6.45) is 1.63. The Hall–Kier alpha value is -2.19. The predicted octanol–water partition coefficient (Wildman–Crippen LogP) is 7.99. The molecule has 0 bridgehead atoms. The summed E-state index contributed by atoms with van der Waals surface area (Å²) >= 11 is 19.2. The lowest BCUT2D eigenvalue weighted by Gasteiger charge is -2.20. The minimum atomic E-state index is -0.390. The van der Waals surface area contributed by atoms with Gasteiger partial charge in [0, 0.05) is 25.5 Å². The fraction of sp³-hybridized carbons (Fsp3) is 0.192. The lowest BCUT2D eigenvalue weighted by molar-refractivity contribution is 0.304. The SMILES string of the molecule is CC(C)(C)c1nc2ccc(Br)cc2c(=O)n1N=Cc1ccc(OCc2ccc(Cl)cc2Cl)c(Br)c1. The van der Waals surface area contributed by atoms with E-state index in [0.29, 0.717) is 39.1 Å². The second kappa shape index (κ2) is 10.4. The first-order valence-electron chi connectivity index (χ1n) is 10.7. The molecule has 0 fully saturated rings. The van der Waals surface area contributed by atoms with Crippen molar-refractivity contribution >= 4 is 72.2 Å². The molecule has 0 saturated heterocycles. The first-order chi connectivity index (χ1) is 16.5. The Morgan fingerprint density at radius 3 is 2.51 bits per heavy atom. The van der Waals surface area contributed by atoms with Crippen molar-refractivity contribution in [2.45, 2.75) is 32.8 Å². The Balaban J connectivity index is 1.63. The number of ether oxygens (including phenoxy) is 1. The van der Waals surface area contributed by atoms with Crippen LogP contribution in [0.1, 0.15) is 37.7 Å². The third-order valence-electron chi connectivity index (χ3n) is 5.16. The van der Waals surface area contributed by atoms with E-state index < -0.39 is 0 Å². The van der Waals surface area contributed by atoms with Gasteiger partial charge in [0.2, 0.25) is 0 Å². The third-order valence-corrected chi connectivity index (χ3v) is 6.86. The van der Waals surface area contributed by atoms with E-state index in [1.54, 1.807) is 24.4 Å². The minimum Gasteiger partial charge on any atom is -0.488 e. The van der Waals surface area contributed by atoms with Crippen LogP contribution in [0.5, 0.6) is 5.75 Å². The van der Waals surface area contributed by atoms with Crippen LogP contribution < -0.4 is 10.3 Å². The van der Waals surface area contributed by atoms with Gasteiger partial charge < -0.3 is 4.74 Å². The van der Waals surface area contributed by atoms with Crippen LogP contribution >= 0.6 is 55.1 Å². The Kier molecular flexibility index (Phi) is 7.71. The maximum atomic E-state index is 13.3. The van der Waals surface area contributed by atoms with Crippen LogP contribution in [0.15, 0.2) is 73.4 Å². The molecule has 35 heavy (non-hydrogen) atoms. The van der Waals surface area contributed by atoms with Gasteiger partial charge in [-0.15, -0.1) is 0 Å². The van der Waals surface area contributed by atoms with Gasteiger partial charge >= 0.3 is 0 Å². The number of fused-ring (bicyclic) bond motifs is 1. The summed E-state index contributed by atoms with van der Waals surface area (Å²) < 4.78 is 8.84. The molecule has 0 aliphatic rings. The van der Waals surface area contributed by atoms with Crippen LogP contribution in [0.25, 0.3) is 10.9 Å². The molecule has 5 nitrogen and oxygen atoms in total. The quantitative estimate of drug-likeness (QED) is 0.209. The maximum absolute atomic E-state index is 13.3. The van der Waals surface area contributed by atoms with Crippen molar-refractivity contribution < 1.29 is 4.74 Å². The molecular formula is C26H21Br2Cl2N3O2. The first kappa shape index (κ1) is 25.9. The normalized spacial score (nSPS) is 12.0.